The number of hydrogen-bond donors (Lipinski definition) is 2. The van der Waals surface area contributed by atoms with Gasteiger partial charge in [0.05, 0.1) is 6.10 Å². The number of carbonyl (C=O) groups excluding carboxylic acids is 1. The van der Waals surface area contributed by atoms with Crippen LogP contribution < -0.4 is 0 Å². The number of ketones is 1. The van der Waals surface area contributed by atoms with Gasteiger partial charge in [-0.15, -0.1) is 0 Å². The molecule has 0 unspecified atom stereocenters. The van der Waals surface area contributed by atoms with E-state index >= 15 is 0 Å². The van der Waals surface area contributed by atoms with Gasteiger partial charge in [-0.2, -0.15) is 0 Å². The topological polar surface area (TPSA) is 57.5 Å². The van der Waals surface area contributed by atoms with Gasteiger partial charge in [-0.05, 0) is 43.0 Å². The van der Waals surface area contributed by atoms with Crippen molar-refractivity contribution in [2.24, 2.45) is 0 Å². The number of aliphatic hydroxyl groups excluding tert-OH is 1. The van der Waals surface area contributed by atoms with Crippen molar-refractivity contribution in [2.75, 3.05) is 0 Å². The lowest BCUT2D eigenvalue weighted by Crippen LogP contribution is -2.18. The van der Waals surface area contributed by atoms with Crippen LogP contribution in [0.1, 0.15) is 24.8 Å². The molecule has 1 aromatic carbocycles. The van der Waals surface area contributed by atoms with E-state index in [0.717, 1.165) is 24.0 Å². The summed E-state index contributed by atoms with van der Waals surface area (Å²) in [5.74, 6) is 0.278. The van der Waals surface area contributed by atoms with Crippen molar-refractivity contribution in [3.63, 3.8) is 0 Å². The maximum absolute atomic E-state index is 11.3. The summed E-state index contributed by atoms with van der Waals surface area (Å²) < 4.78 is 0. The minimum Gasteiger partial charge on any atom is -0.508 e. The van der Waals surface area contributed by atoms with Gasteiger partial charge in [0.2, 0.25) is 0 Å². The van der Waals surface area contributed by atoms with Gasteiger partial charge in [-0.1, -0.05) is 17.7 Å². The highest BCUT2D eigenvalue weighted by Crippen LogP contribution is 2.21. The van der Waals surface area contributed by atoms with E-state index < -0.39 is 6.10 Å². The molecule has 0 saturated heterocycles. The van der Waals surface area contributed by atoms with Gasteiger partial charge < -0.3 is 10.2 Å². The molecule has 0 fully saturated rings. The van der Waals surface area contributed by atoms with Crippen LogP contribution in [0.4, 0.5) is 0 Å². The SMILES string of the molecule is O=C1C=C(CCc2ccc(O)cc2)C[C@H](O)C1. The van der Waals surface area contributed by atoms with Gasteiger partial charge in [0, 0.05) is 6.42 Å². The van der Waals surface area contributed by atoms with E-state index in [-0.39, 0.29) is 18.0 Å². The van der Waals surface area contributed by atoms with E-state index in [9.17, 15) is 9.90 Å². The van der Waals surface area contributed by atoms with E-state index in [1.165, 1.54) is 0 Å². The molecule has 0 aliphatic heterocycles. The van der Waals surface area contributed by atoms with Crippen LogP contribution in [0.15, 0.2) is 35.9 Å². The number of aromatic hydroxyl groups is 1. The second-order valence-corrected chi connectivity index (χ2v) is 4.50. The molecule has 2 rings (SSSR count). The quantitative estimate of drug-likeness (QED) is 0.837. The summed E-state index contributed by atoms with van der Waals surface area (Å²) in [5, 5.41) is 18.6. The summed E-state index contributed by atoms with van der Waals surface area (Å²) in [5.41, 5.74) is 2.14. The zero-order valence-electron chi connectivity index (χ0n) is 9.60. The predicted molar refractivity (Wildman–Crippen MR) is 64.8 cm³/mol. The summed E-state index contributed by atoms with van der Waals surface area (Å²) >= 11 is 0. The monoisotopic (exact) mass is 232 g/mol. The minimum atomic E-state index is -0.512. The zero-order valence-corrected chi connectivity index (χ0v) is 9.60. The van der Waals surface area contributed by atoms with Crippen LogP contribution in [0.5, 0.6) is 5.75 Å². The average Bonchev–Trinajstić information content (AvgIpc) is 2.27. The van der Waals surface area contributed by atoms with E-state index in [2.05, 4.69) is 0 Å². The van der Waals surface area contributed by atoms with Gasteiger partial charge in [-0.3, -0.25) is 4.79 Å². The number of benzene rings is 1. The van der Waals surface area contributed by atoms with Crippen molar-refractivity contribution in [2.45, 2.75) is 31.8 Å². The molecule has 3 heteroatoms. The normalized spacial score (nSPS) is 20.2. The molecule has 1 aliphatic rings. The highest BCUT2D eigenvalue weighted by molar-refractivity contribution is 5.91. The molecule has 2 N–H and O–H groups in total. The van der Waals surface area contributed by atoms with Crippen LogP contribution in [-0.2, 0) is 11.2 Å². The van der Waals surface area contributed by atoms with E-state index in [0.29, 0.717) is 6.42 Å². The largest absolute Gasteiger partial charge is 0.508 e. The number of hydrogen-bond acceptors (Lipinski definition) is 3. The smallest absolute Gasteiger partial charge is 0.158 e. The molecular weight excluding hydrogens is 216 g/mol. The van der Waals surface area contributed by atoms with Crippen LogP contribution in [-0.4, -0.2) is 22.1 Å². The summed E-state index contributed by atoms with van der Waals surface area (Å²) in [6.07, 6.45) is 3.61. The first-order valence-electron chi connectivity index (χ1n) is 5.82. The number of phenols is 1. The minimum absolute atomic E-state index is 0.0180. The Balaban J connectivity index is 1.94. The number of phenolic OH excluding ortho intramolecular Hbond substituents is 1. The number of aryl methyl sites for hydroxylation is 1. The van der Waals surface area contributed by atoms with E-state index in [4.69, 9.17) is 5.11 Å². The van der Waals surface area contributed by atoms with Crippen LogP contribution >= 0.6 is 0 Å². The lowest BCUT2D eigenvalue weighted by molar-refractivity contribution is -0.117. The number of allylic oxidation sites excluding steroid dienone is 1. The molecule has 17 heavy (non-hydrogen) atoms. The number of aliphatic hydroxyl groups is 1. The Morgan fingerprint density at radius 2 is 1.82 bits per heavy atom. The second-order valence-electron chi connectivity index (χ2n) is 4.50. The average molecular weight is 232 g/mol. The standard InChI is InChI=1S/C14H16O3/c15-12-5-3-10(4-6-12)1-2-11-7-13(16)9-14(17)8-11/h3-7,14-15,17H,1-2,8-9H2/t14-/m0/s1. The molecule has 90 valence electrons. The van der Waals surface area contributed by atoms with E-state index in [1.807, 2.05) is 12.1 Å². The molecular formula is C14H16O3. The molecule has 0 saturated carbocycles. The molecule has 0 aromatic heterocycles. The highest BCUT2D eigenvalue weighted by Gasteiger charge is 2.17. The Hall–Kier alpha value is -1.61. The maximum atomic E-state index is 11.3. The fourth-order valence-corrected chi connectivity index (χ4v) is 2.09. The lowest BCUT2D eigenvalue weighted by atomic mass is 9.92. The first kappa shape index (κ1) is 11.9. The Morgan fingerprint density at radius 1 is 1.12 bits per heavy atom. The fourth-order valence-electron chi connectivity index (χ4n) is 2.09. The Kier molecular flexibility index (Phi) is 3.59. The first-order valence-corrected chi connectivity index (χ1v) is 5.82. The summed E-state index contributed by atoms with van der Waals surface area (Å²) in [6, 6.07) is 7.06. The maximum Gasteiger partial charge on any atom is 0.158 e. The van der Waals surface area contributed by atoms with Crippen LogP contribution in [0.25, 0.3) is 0 Å². The molecule has 0 amide bonds. The third-order valence-electron chi connectivity index (χ3n) is 2.97. The summed E-state index contributed by atoms with van der Waals surface area (Å²) in [4.78, 5) is 11.3. The van der Waals surface area contributed by atoms with Crippen molar-refractivity contribution in [3.05, 3.63) is 41.5 Å². The molecule has 1 atom stereocenters. The second kappa shape index (κ2) is 5.15. The summed E-state index contributed by atoms with van der Waals surface area (Å²) in [6.45, 7) is 0. The van der Waals surface area contributed by atoms with Gasteiger partial charge in [0.25, 0.3) is 0 Å². The third-order valence-corrected chi connectivity index (χ3v) is 2.97. The fraction of sp³-hybridized carbons (Fsp3) is 0.357. The molecule has 0 heterocycles. The van der Waals surface area contributed by atoms with Crippen molar-refractivity contribution < 1.29 is 15.0 Å². The first-order chi connectivity index (χ1) is 8.13. The molecule has 0 bridgehead atoms. The molecule has 0 radical (unpaired) electrons. The summed E-state index contributed by atoms with van der Waals surface area (Å²) in [7, 11) is 0. The zero-order chi connectivity index (χ0) is 12.3. The van der Waals surface area contributed by atoms with Crippen molar-refractivity contribution in [1.29, 1.82) is 0 Å². The predicted octanol–water partition coefficient (Wildman–Crippen LogP) is 1.97. The van der Waals surface area contributed by atoms with Gasteiger partial charge >= 0.3 is 0 Å². The number of carbonyl (C=O) groups is 1. The Bertz CT molecular complexity index is 431. The van der Waals surface area contributed by atoms with Gasteiger partial charge in [-0.25, -0.2) is 0 Å². The van der Waals surface area contributed by atoms with Crippen molar-refractivity contribution in [1.82, 2.24) is 0 Å². The molecule has 0 spiro atoms. The van der Waals surface area contributed by atoms with Crippen LogP contribution in [0.3, 0.4) is 0 Å². The van der Waals surface area contributed by atoms with Crippen LogP contribution in [0.2, 0.25) is 0 Å². The number of rotatable bonds is 3. The van der Waals surface area contributed by atoms with Crippen molar-refractivity contribution in [3.8, 4) is 5.75 Å². The molecule has 3 nitrogen and oxygen atoms in total. The van der Waals surface area contributed by atoms with Crippen LogP contribution in [0, 0.1) is 0 Å². The Morgan fingerprint density at radius 3 is 2.47 bits per heavy atom. The third kappa shape index (κ3) is 3.43. The lowest BCUT2D eigenvalue weighted by Gasteiger charge is -2.17. The van der Waals surface area contributed by atoms with Gasteiger partial charge in [0.1, 0.15) is 5.75 Å². The Labute approximate surface area is 100 Å². The molecule has 1 aromatic rings. The molecule has 1 aliphatic carbocycles. The van der Waals surface area contributed by atoms with Gasteiger partial charge in [0.15, 0.2) is 5.78 Å². The van der Waals surface area contributed by atoms with Crippen molar-refractivity contribution >= 4 is 5.78 Å². The van der Waals surface area contributed by atoms with E-state index in [1.54, 1.807) is 18.2 Å². The highest BCUT2D eigenvalue weighted by atomic mass is 16.3.